The molecule has 138 valence electrons. The fraction of sp³-hybridized carbons (Fsp3) is 0.0556. The number of thiocarbonyl (C=S) groups is 1. The summed E-state index contributed by atoms with van der Waals surface area (Å²) >= 11 is 5.92. The predicted molar refractivity (Wildman–Crippen MR) is 100 cm³/mol. The number of para-hydroxylation sites is 1. The first kappa shape index (κ1) is 19.1. The number of aromatic carboxylic acids is 1. The van der Waals surface area contributed by atoms with E-state index in [1.165, 1.54) is 42.5 Å². The van der Waals surface area contributed by atoms with Crippen molar-refractivity contribution in [3.05, 3.63) is 70.1 Å². The highest BCUT2D eigenvalue weighted by molar-refractivity contribution is 8.27. The van der Waals surface area contributed by atoms with Crippen molar-refractivity contribution in [1.82, 2.24) is 0 Å². The minimum absolute atomic E-state index is 0.0292. The second-order valence-electron chi connectivity index (χ2n) is 5.42. The molecular formula is C18H10F3NO3S2. The maximum absolute atomic E-state index is 13.3. The number of thioether (sulfide) groups is 1. The lowest BCUT2D eigenvalue weighted by Crippen LogP contribution is -2.29. The molecule has 0 atom stereocenters. The largest absolute Gasteiger partial charge is 0.478 e. The number of benzene rings is 2. The minimum atomic E-state index is -4.65. The third-order valence-electron chi connectivity index (χ3n) is 3.72. The molecule has 1 fully saturated rings. The van der Waals surface area contributed by atoms with E-state index in [-0.39, 0.29) is 26.0 Å². The Balaban J connectivity index is 2.04. The normalized spacial score (nSPS) is 16.3. The van der Waals surface area contributed by atoms with E-state index in [1.54, 1.807) is 6.07 Å². The summed E-state index contributed by atoms with van der Waals surface area (Å²) < 4.78 is 39.8. The average molecular weight is 409 g/mol. The number of alkyl halides is 3. The summed E-state index contributed by atoms with van der Waals surface area (Å²) in [6.45, 7) is 0. The molecule has 0 aromatic heterocycles. The van der Waals surface area contributed by atoms with Crippen LogP contribution in [0.1, 0.15) is 21.5 Å². The van der Waals surface area contributed by atoms with Crippen molar-refractivity contribution < 1.29 is 27.9 Å². The van der Waals surface area contributed by atoms with E-state index >= 15 is 0 Å². The smallest absolute Gasteiger partial charge is 0.418 e. The number of hydrogen-bond donors (Lipinski definition) is 1. The Bertz CT molecular complexity index is 986. The standard InChI is InChI=1S/C18H10F3NO3S2/c19-18(20,21)12-7-3-4-8-13(12)22-15(23)14(27-17(22)26)9-10-5-1-2-6-11(10)16(24)25/h1-9H,(H,24,25). The molecular weight excluding hydrogens is 399 g/mol. The maximum atomic E-state index is 13.3. The summed E-state index contributed by atoms with van der Waals surface area (Å²) in [6, 6.07) is 10.6. The van der Waals surface area contributed by atoms with Gasteiger partial charge in [-0.3, -0.25) is 9.69 Å². The molecule has 2 aromatic carbocycles. The molecule has 4 nitrogen and oxygen atoms in total. The Kier molecular flexibility index (Phi) is 5.07. The topological polar surface area (TPSA) is 57.6 Å². The van der Waals surface area contributed by atoms with Crippen LogP contribution in [0.25, 0.3) is 6.08 Å². The third-order valence-corrected chi connectivity index (χ3v) is 5.02. The molecule has 27 heavy (non-hydrogen) atoms. The van der Waals surface area contributed by atoms with Crippen molar-refractivity contribution in [1.29, 1.82) is 0 Å². The molecule has 1 heterocycles. The van der Waals surface area contributed by atoms with Crippen LogP contribution in [-0.4, -0.2) is 21.3 Å². The second kappa shape index (κ2) is 7.16. The Labute approximate surface area is 161 Å². The van der Waals surface area contributed by atoms with Gasteiger partial charge >= 0.3 is 12.1 Å². The summed E-state index contributed by atoms with van der Waals surface area (Å²) in [6.07, 6.45) is -3.33. The van der Waals surface area contributed by atoms with Crippen molar-refractivity contribution >= 4 is 51.9 Å². The van der Waals surface area contributed by atoms with E-state index in [0.717, 1.165) is 22.7 Å². The quantitative estimate of drug-likeness (QED) is 0.583. The van der Waals surface area contributed by atoms with Gasteiger partial charge in [-0.05, 0) is 29.8 Å². The van der Waals surface area contributed by atoms with E-state index in [4.69, 9.17) is 12.2 Å². The monoisotopic (exact) mass is 409 g/mol. The summed E-state index contributed by atoms with van der Waals surface area (Å²) in [7, 11) is 0. The van der Waals surface area contributed by atoms with Gasteiger partial charge in [0.05, 0.1) is 21.7 Å². The summed E-state index contributed by atoms with van der Waals surface area (Å²) in [5, 5.41) is 9.23. The summed E-state index contributed by atoms with van der Waals surface area (Å²) in [5.41, 5.74) is -1.11. The van der Waals surface area contributed by atoms with Gasteiger partial charge in [-0.2, -0.15) is 13.2 Å². The molecule has 2 aromatic rings. The van der Waals surface area contributed by atoms with E-state index in [0.29, 0.717) is 0 Å². The molecule has 0 bridgehead atoms. The summed E-state index contributed by atoms with van der Waals surface area (Å²) in [4.78, 5) is 24.9. The van der Waals surface area contributed by atoms with Crippen molar-refractivity contribution in [2.24, 2.45) is 0 Å². The lowest BCUT2D eigenvalue weighted by molar-refractivity contribution is -0.137. The molecule has 1 saturated heterocycles. The number of rotatable bonds is 3. The summed E-state index contributed by atoms with van der Waals surface area (Å²) in [5.74, 6) is -1.92. The molecule has 0 unspecified atom stereocenters. The van der Waals surface area contributed by atoms with Crippen LogP contribution in [0.15, 0.2) is 53.4 Å². The van der Waals surface area contributed by atoms with Crippen LogP contribution in [0.2, 0.25) is 0 Å². The van der Waals surface area contributed by atoms with E-state index in [2.05, 4.69) is 0 Å². The second-order valence-corrected chi connectivity index (χ2v) is 7.10. The van der Waals surface area contributed by atoms with Crippen LogP contribution in [0.5, 0.6) is 0 Å². The van der Waals surface area contributed by atoms with E-state index in [9.17, 15) is 27.9 Å². The van der Waals surface area contributed by atoms with Crippen molar-refractivity contribution in [2.75, 3.05) is 4.90 Å². The number of carbonyl (C=O) groups is 2. The number of carbonyl (C=O) groups excluding carboxylic acids is 1. The van der Waals surface area contributed by atoms with Gasteiger partial charge in [0, 0.05) is 0 Å². The zero-order valence-corrected chi connectivity index (χ0v) is 15.0. The average Bonchev–Trinajstić information content (AvgIpc) is 2.88. The minimum Gasteiger partial charge on any atom is -0.478 e. The van der Waals surface area contributed by atoms with Gasteiger partial charge in [-0.15, -0.1) is 0 Å². The Morgan fingerprint density at radius 1 is 1.11 bits per heavy atom. The van der Waals surface area contributed by atoms with Crippen molar-refractivity contribution in [3.63, 3.8) is 0 Å². The Hall–Kier alpha value is -2.65. The van der Waals surface area contributed by atoms with Crippen LogP contribution in [0.4, 0.5) is 18.9 Å². The SMILES string of the molecule is O=C(O)c1ccccc1C=C1SC(=S)N(c2ccccc2C(F)(F)F)C1=O. The number of carboxylic acids is 1. The van der Waals surface area contributed by atoms with Crippen molar-refractivity contribution in [3.8, 4) is 0 Å². The number of amides is 1. The predicted octanol–water partition coefficient (Wildman–Crippen LogP) is 4.81. The lowest BCUT2D eigenvalue weighted by atomic mass is 10.1. The molecule has 1 aliphatic heterocycles. The maximum Gasteiger partial charge on any atom is 0.418 e. The molecule has 1 amide bonds. The van der Waals surface area contributed by atoms with Gasteiger partial charge in [0.1, 0.15) is 0 Å². The molecule has 1 N–H and O–H groups in total. The molecule has 9 heteroatoms. The molecule has 0 radical (unpaired) electrons. The molecule has 0 saturated carbocycles. The highest BCUT2D eigenvalue weighted by Gasteiger charge is 2.40. The first-order valence-electron chi connectivity index (χ1n) is 7.46. The van der Waals surface area contributed by atoms with Crippen LogP contribution in [0, 0.1) is 0 Å². The van der Waals surface area contributed by atoms with Gasteiger partial charge in [0.15, 0.2) is 4.32 Å². The zero-order valence-electron chi connectivity index (χ0n) is 13.4. The molecule has 1 aliphatic rings. The molecule has 0 spiro atoms. The number of carboxylic acid groups (broad SMARTS) is 1. The number of nitrogens with zero attached hydrogens (tertiary/aromatic N) is 1. The first-order valence-corrected chi connectivity index (χ1v) is 8.69. The third kappa shape index (κ3) is 3.74. The molecule has 0 aliphatic carbocycles. The number of anilines is 1. The Morgan fingerprint density at radius 3 is 2.41 bits per heavy atom. The first-order chi connectivity index (χ1) is 12.7. The van der Waals surface area contributed by atoms with Crippen LogP contribution < -0.4 is 4.90 Å². The van der Waals surface area contributed by atoms with Gasteiger partial charge < -0.3 is 5.11 Å². The van der Waals surface area contributed by atoms with Crippen LogP contribution in [-0.2, 0) is 11.0 Å². The lowest BCUT2D eigenvalue weighted by Gasteiger charge is -2.20. The van der Waals surface area contributed by atoms with Gasteiger partial charge in [-0.1, -0.05) is 54.3 Å². The fourth-order valence-corrected chi connectivity index (χ4v) is 3.82. The van der Waals surface area contributed by atoms with Crippen LogP contribution >= 0.6 is 24.0 Å². The highest BCUT2D eigenvalue weighted by atomic mass is 32.2. The number of hydrogen-bond acceptors (Lipinski definition) is 4. The zero-order chi connectivity index (χ0) is 19.8. The number of halogens is 3. The van der Waals surface area contributed by atoms with E-state index in [1.807, 2.05) is 0 Å². The van der Waals surface area contributed by atoms with Crippen molar-refractivity contribution in [2.45, 2.75) is 6.18 Å². The van der Waals surface area contributed by atoms with Gasteiger partial charge in [-0.25, -0.2) is 4.79 Å². The molecule has 3 rings (SSSR count). The van der Waals surface area contributed by atoms with Gasteiger partial charge in [0.2, 0.25) is 0 Å². The van der Waals surface area contributed by atoms with Crippen LogP contribution in [0.3, 0.4) is 0 Å². The highest BCUT2D eigenvalue weighted by Crippen LogP contribution is 2.42. The fourth-order valence-electron chi connectivity index (χ4n) is 2.54. The van der Waals surface area contributed by atoms with E-state index < -0.39 is 23.6 Å². The Morgan fingerprint density at radius 2 is 1.74 bits per heavy atom. The van der Waals surface area contributed by atoms with Gasteiger partial charge in [0.25, 0.3) is 5.91 Å².